The number of hydrogen-bond acceptors (Lipinski definition) is 6. The van der Waals surface area contributed by atoms with Crippen LogP contribution in [0.2, 0.25) is 0 Å². The molecule has 0 radical (unpaired) electrons. The topological polar surface area (TPSA) is 93.2 Å². The molecule has 1 fully saturated rings. The number of hydrogen-bond donors (Lipinski definition) is 1. The van der Waals surface area contributed by atoms with Gasteiger partial charge >= 0.3 is 0 Å². The molecule has 1 aliphatic heterocycles. The lowest BCUT2D eigenvalue weighted by atomic mass is 10.2. The second kappa shape index (κ2) is 6.96. The van der Waals surface area contributed by atoms with Crippen LogP contribution in [0.15, 0.2) is 24.7 Å². The van der Waals surface area contributed by atoms with E-state index in [2.05, 4.69) is 20.0 Å². The minimum absolute atomic E-state index is 0.152. The molecule has 2 aromatic heterocycles. The lowest BCUT2D eigenvalue weighted by Gasteiger charge is -2.24. The summed E-state index contributed by atoms with van der Waals surface area (Å²) < 4.78 is 1.72. The third-order valence-electron chi connectivity index (χ3n) is 4.37. The molecule has 1 unspecified atom stereocenters. The van der Waals surface area contributed by atoms with E-state index in [-0.39, 0.29) is 5.91 Å². The number of rotatable bonds is 5. The van der Waals surface area contributed by atoms with Gasteiger partial charge < -0.3 is 10.6 Å². The highest BCUT2D eigenvalue weighted by Gasteiger charge is 2.29. The lowest BCUT2D eigenvalue weighted by molar-refractivity contribution is -0.129. The van der Waals surface area contributed by atoms with Crippen LogP contribution in [0.25, 0.3) is 0 Å². The molecule has 0 bridgehead atoms. The fourth-order valence-corrected chi connectivity index (χ4v) is 3.02. The average molecular weight is 329 g/mol. The number of amides is 1. The first-order valence-electron chi connectivity index (χ1n) is 8.04. The van der Waals surface area contributed by atoms with Crippen molar-refractivity contribution in [2.75, 3.05) is 25.9 Å². The zero-order valence-electron chi connectivity index (χ0n) is 14.1. The van der Waals surface area contributed by atoms with Crippen molar-refractivity contribution < 1.29 is 4.79 Å². The van der Waals surface area contributed by atoms with Crippen molar-refractivity contribution in [1.29, 1.82) is 0 Å². The van der Waals surface area contributed by atoms with Crippen molar-refractivity contribution in [1.82, 2.24) is 29.5 Å². The SMILES string of the molecule is CN(Cc1nccc(N)n1)C1CCN(C(=O)Cc2cnn(C)c2)C1. The Morgan fingerprint density at radius 2 is 2.33 bits per heavy atom. The van der Waals surface area contributed by atoms with Crippen LogP contribution in [-0.2, 0) is 24.8 Å². The third kappa shape index (κ3) is 3.88. The maximum Gasteiger partial charge on any atom is 0.227 e. The molecule has 8 nitrogen and oxygen atoms in total. The first-order chi connectivity index (χ1) is 11.5. The summed E-state index contributed by atoms with van der Waals surface area (Å²) in [4.78, 5) is 25.0. The second-order valence-corrected chi connectivity index (χ2v) is 6.29. The molecule has 0 aliphatic carbocycles. The molecular weight excluding hydrogens is 306 g/mol. The van der Waals surface area contributed by atoms with Gasteiger partial charge in [0, 0.05) is 38.6 Å². The molecular formula is C16H23N7O. The Labute approximate surface area is 141 Å². The summed E-state index contributed by atoms with van der Waals surface area (Å²) in [6, 6.07) is 1.99. The number of carbonyl (C=O) groups excluding carboxylic acids is 1. The number of likely N-dealkylation sites (N-methyl/N-ethyl adjacent to an activating group) is 1. The van der Waals surface area contributed by atoms with Crippen molar-refractivity contribution >= 4 is 11.7 Å². The predicted octanol–water partition coefficient (Wildman–Crippen LogP) is 0.0677. The van der Waals surface area contributed by atoms with Gasteiger partial charge in [-0.15, -0.1) is 0 Å². The highest BCUT2D eigenvalue weighted by molar-refractivity contribution is 5.79. The molecule has 3 rings (SSSR count). The van der Waals surface area contributed by atoms with Crippen LogP contribution in [0.5, 0.6) is 0 Å². The molecule has 0 spiro atoms. The summed E-state index contributed by atoms with van der Waals surface area (Å²) in [5.41, 5.74) is 6.65. The van der Waals surface area contributed by atoms with E-state index in [1.165, 1.54) is 0 Å². The molecule has 128 valence electrons. The Kier molecular flexibility index (Phi) is 4.75. The van der Waals surface area contributed by atoms with Crippen molar-refractivity contribution in [3.05, 3.63) is 36.0 Å². The number of aryl methyl sites for hydroxylation is 1. The number of likely N-dealkylation sites (tertiary alicyclic amines) is 1. The second-order valence-electron chi connectivity index (χ2n) is 6.29. The number of nitrogens with zero attached hydrogens (tertiary/aromatic N) is 6. The summed E-state index contributed by atoms with van der Waals surface area (Å²) in [7, 11) is 3.89. The fourth-order valence-electron chi connectivity index (χ4n) is 3.02. The molecule has 8 heteroatoms. The van der Waals surface area contributed by atoms with Gasteiger partial charge in [0.05, 0.1) is 19.2 Å². The number of carbonyl (C=O) groups is 1. The zero-order chi connectivity index (χ0) is 17.1. The highest BCUT2D eigenvalue weighted by atomic mass is 16.2. The molecule has 1 amide bonds. The van der Waals surface area contributed by atoms with E-state index >= 15 is 0 Å². The van der Waals surface area contributed by atoms with Crippen molar-refractivity contribution in [3.8, 4) is 0 Å². The van der Waals surface area contributed by atoms with Gasteiger partial charge in [-0.05, 0) is 25.1 Å². The van der Waals surface area contributed by atoms with Crippen LogP contribution < -0.4 is 5.73 Å². The van der Waals surface area contributed by atoms with E-state index in [9.17, 15) is 4.79 Å². The monoisotopic (exact) mass is 329 g/mol. The van der Waals surface area contributed by atoms with Gasteiger partial charge in [0.15, 0.2) is 0 Å². The highest BCUT2D eigenvalue weighted by Crippen LogP contribution is 2.17. The van der Waals surface area contributed by atoms with Crippen LogP contribution in [0, 0.1) is 0 Å². The largest absolute Gasteiger partial charge is 0.384 e. The van der Waals surface area contributed by atoms with E-state index in [4.69, 9.17) is 5.73 Å². The summed E-state index contributed by atoms with van der Waals surface area (Å²) in [6.07, 6.45) is 6.66. The molecule has 1 aliphatic rings. The van der Waals surface area contributed by atoms with Crippen LogP contribution >= 0.6 is 0 Å². The van der Waals surface area contributed by atoms with Crippen LogP contribution in [-0.4, -0.2) is 61.6 Å². The van der Waals surface area contributed by atoms with Gasteiger partial charge in [0.1, 0.15) is 11.6 Å². The first-order valence-corrected chi connectivity index (χ1v) is 8.04. The van der Waals surface area contributed by atoms with Crippen molar-refractivity contribution in [2.45, 2.75) is 25.4 Å². The van der Waals surface area contributed by atoms with Crippen LogP contribution in [0.4, 0.5) is 5.82 Å². The van der Waals surface area contributed by atoms with Crippen LogP contribution in [0.1, 0.15) is 17.8 Å². The Morgan fingerprint density at radius 3 is 3.04 bits per heavy atom. The van der Waals surface area contributed by atoms with Gasteiger partial charge in [0.2, 0.25) is 5.91 Å². The van der Waals surface area contributed by atoms with E-state index in [1.807, 2.05) is 25.2 Å². The summed E-state index contributed by atoms with van der Waals surface area (Å²) in [5, 5.41) is 4.11. The average Bonchev–Trinajstić information content (AvgIpc) is 3.16. The van der Waals surface area contributed by atoms with Crippen LogP contribution in [0.3, 0.4) is 0 Å². The Hall–Kier alpha value is -2.48. The standard InChI is InChI=1S/C16H23N7O/c1-21(11-15-18-5-3-14(17)20-15)13-4-6-23(10-13)16(24)7-12-8-19-22(2)9-12/h3,5,8-9,13H,4,6-7,10-11H2,1-2H3,(H2,17,18,20). The van der Waals surface area contributed by atoms with E-state index < -0.39 is 0 Å². The number of anilines is 1. The van der Waals surface area contributed by atoms with Crippen molar-refractivity contribution in [2.24, 2.45) is 7.05 Å². The molecule has 1 atom stereocenters. The van der Waals surface area contributed by atoms with Gasteiger partial charge in [-0.25, -0.2) is 9.97 Å². The molecule has 3 heterocycles. The lowest BCUT2D eigenvalue weighted by Crippen LogP contribution is -2.37. The van der Waals surface area contributed by atoms with Gasteiger partial charge in [-0.2, -0.15) is 5.10 Å². The summed E-state index contributed by atoms with van der Waals surface area (Å²) in [6.45, 7) is 2.14. The summed E-state index contributed by atoms with van der Waals surface area (Å²) in [5.74, 6) is 1.34. The number of aromatic nitrogens is 4. The normalized spacial score (nSPS) is 17.6. The number of nitrogen functional groups attached to an aromatic ring is 1. The quantitative estimate of drug-likeness (QED) is 0.834. The maximum absolute atomic E-state index is 12.4. The van der Waals surface area contributed by atoms with E-state index in [1.54, 1.807) is 23.1 Å². The van der Waals surface area contributed by atoms with E-state index in [0.29, 0.717) is 30.6 Å². The molecule has 1 saturated heterocycles. The molecule has 24 heavy (non-hydrogen) atoms. The number of nitrogens with two attached hydrogens (primary N) is 1. The molecule has 0 saturated carbocycles. The Morgan fingerprint density at radius 1 is 1.50 bits per heavy atom. The van der Waals surface area contributed by atoms with E-state index in [0.717, 1.165) is 25.1 Å². The smallest absolute Gasteiger partial charge is 0.227 e. The van der Waals surface area contributed by atoms with Crippen molar-refractivity contribution in [3.63, 3.8) is 0 Å². The van der Waals surface area contributed by atoms with Gasteiger partial charge in [-0.3, -0.25) is 14.4 Å². The predicted molar refractivity (Wildman–Crippen MR) is 89.8 cm³/mol. The fraction of sp³-hybridized carbons (Fsp3) is 0.500. The molecule has 2 aromatic rings. The van der Waals surface area contributed by atoms with Gasteiger partial charge in [0.25, 0.3) is 0 Å². The Bertz CT molecular complexity index is 714. The Balaban J connectivity index is 1.53. The summed E-state index contributed by atoms with van der Waals surface area (Å²) >= 11 is 0. The minimum Gasteiger partial charge on any atom is -0.384 e. The molecule has 2 N–H and O–H groups in total. The first kappa shape index (κ1) is 16.4. The zero-order valence-corrected chi connectivity index (χ0v) is 14.1. The van der Waals surface area contributed by atoms with Gasteiger partial charge in [-0.1, -0.05) is 0 Å². The third-order valence-corrected chi connectivity index (χ3v) is 4.37. The minimum atomic E-state index is 0.152. The molecule has 0 aromatic carbocycles. The maximum atomic E-state index is 12.4.